The van der Waals surface area contributed by atoms with Crippen molar-refractivity contribution in [2.24, 2.45) is 33.9 Å². The maximum absolute atomic E-state index is 13.0. The van der Waals surface area contributed by atoms with Crippen LogP contribution in [0.2, 0.25) is 0 Å². The van der Waals surface area contributed by atoms with Gasteiger partial charge in [0.15, 0.2) is 0 Å². The lowest BCUT2D eigenvalue weighted by Gasteiger charge is -2.54. The molecule has 3 fully saturated rings. The first-order chi connectivity index (χ1) is 11.6. The highest BCUT2D eigenvalue weighted by Gasteiger charge is 2.77. The van der Waals surface area contributed by atoms with Crippen LogP contribution < -0.4 is 0 Å². The lowest BCUT2D eigenvalue weighted by molar-refractivity contribution is -0.228. The lowest BCUT2D eigenvalue weighted by Crippen LogP contribution is -2.67. The summed E-state index contributed by atoms with van der Waals surface area (Å²) in [6, 6.07) is 9.50. The van der Waals surface area contributed by atoms with Crippen LogP contribution in [-0.4, -0.2) is 24.8 Å². The maximum Gasteiger partial charge on any atom is 0.376 e. The van der Waals surface area contributed by atoms with Crippen LogP contribution in [0, 0.1) is 23.7 Å². The third-order valence-corrected chi connectivity index (χ3v) is 6.46. The molecule has 2 saturated carbocycles. The molecule has 0 N–H and O–H groups in total. The summed E-state index contributed by atoms with van der Waals surface area (Å²) in [5.74, 6) is -0.562. The lowest BCUT2D eigenvalue weighted by atomic mass is 9.60. The number of benzene rings is 1. The van der Waals surface area contributed by atoms with E-state index in [-0.39, 0.29) is 11.8 Å². The summed E-state index contributed by atoms with van der Waals surface area (Å²) in [7, 11) is 1.30. The van der Waals surface area contributed by atoms with Gasteiger partial charge in [-0.1, -0.05) is 30.3 Å². The number of azo groups is 1. The maximum atomic E-state index is 13.0. The molecule has 4 bridgehead atoms. The van der Waals surface area contributed by atoms with E-state index < -0.39 is 23.2 Å². The van der Waals surface area contributed by atoms with Crippen molar-refractivity contribution in [2.45, 2.75) is 30.5 Å². The van der Waals surface area contributed by atoms with E-state index in [1.165, 1.54) is 7.11 Å². The van der Waals surface area contributed by atoms with E-state index in [4.69, 9.17) is 9.47 Å². The Bertz CT molecular complexity index is 764. The third-order valence-electron chi connectivity index (χ3n) is 6.46. The number of nitrogens with zero attached hydrogens (tertiary/aromatic N) is 2. The average molecular weight is 326 g/mol. The average Bonchev–Trinajstić information content (AvgIpc) is 3.25. The fourth-order valence-corrected chi connectivity index (χ4v) is 5.65. The zero-order chi connectivity index (χ0) is 16.5. The van der Waals surface area contributed by atoms with Gasteiger partial charge in [-0.05, 0) is 36.7 Å². The summed E-state index contributed by atoms with van der Waals surface area (Å²) in [5.41, 5.74) is -1.88. The van der Waals surface area contributed by atoms with E-state index in [0.29, 0.717) is 11.8 Å². The van der Waals surface area contributed by atoms with Gasteiger partial charge in [0, 0.05) is 11.8 Å². The number of carbonyl (C=O) groups is 2. The minimum Gasteiger partial charge on any atom is -0.464 e. The Balaban J connectivity index is 1.76. The summed E-state index contributed by atoms with van der Waals surface area (Å²) < 4.78 is 10.6. The Hall–Kier alpha value is -2.24. The van der Waals surface area contributed by atoms with Crippen LogP contribution in [0.5, 0.6) is 0 Å². The van der Waals surface area contributed by atoms with Gasteiger partial charge in [0.1, 0.15) is 0 Å². The van der Waals surface area contributed by atoms with Gasteiger partial charge in [-0.15, -0.1) is 5.11 Å². The van der Waals surface area contributed by atoms with Gasteiger partial charge in [0.25, 0.3) is 0 Å². The van der Waals surface area contributed by atoms with Crippen molar-refractivity contribution >= 4 is 11.9 Å². The van der Waals surface area contributed by atoms with Crippen molar-refractivity contribution in [3.05, 3.63) is 35.9 Å². The molecule has 0 aromatic heterocycles. The number of hydrogen-bond acceptors (Lipinski definition) is 6. The van der Waals surface area contributed by atoms with Crippen LogP contribution in [0.3, 0.4) is 0 Å². The Morgan fingerprint density at radius 3 is 2.54 bits per heavy atom. The number of ether oxygens (including phenoxy) is 2. The van der Waals surface area contributed by atoms with Crippen molar-refractivity contribution in [1.82, 2.24) is 0 Å². The Morgan fingerprint density at radius 2 is 1.88 bits per heavy atom. The van der Waals surface area contributed by atoms with Crippen molar-refractivity contribution < 1.29 is 19.1 Å². The number of rotatable bonds is 2. The summed E-state index contributed by atoms with van der Waals surface area (Å²) in [4.78, 5) is 25.5. The van der Waals surface area contributed by atoms with Crippen molar-refractivity contribution in [1.29, 1.82) is 0 Å². The fourth-order valence-electron chi connectivity index (χ4n) is 5.65. The molecule has 5 aliphatic rings. The number of methoxy groups -OCH3 is 1. The predicted octanol–water partition coefficient (Wildman–Crippen LogP) is 2.44. The molecule has 0 amide bonds. The number of hydrogen-bond donors (Lipinski definition) is 0. The molecule has 0 unspecified atom stereocenters. The molecule has 1 saturated heterocycles. The van der Waals surface area contributed by atoms with Crippen LogP contribution in [-0.2, 0) is 24.6 Å². The number of esters is 2. The molecule has 24 heavy (non-hydrogen) atoms. The molecule has 0 radical (unpaired) electrons. The smallest absolute Gasteiger partial charge is 0.376 e. The first kappa shape index (κ1) is 14.1. The van der Waals surface area contributed by atoms with Crippen LogP contribution in [0.15, 0.2) is 40.6 Å². The zero-order valence-corrected chi connectivity index (χ0v) is 13.3. The van der Waals surface area contributed by atoms with Gasteiger partial charge in [0.05, 0.1) is 7.11 Å². The van der Waals surface area contributed by atoms with Crippen LogP contribution in [0.25, 0.3) is 0 Å². The van der Waals surface area contributed by atoms with Gasteiger partial charge in [-0.2, -0.15) is 5.11 Å². The summed E-state index contributed by atoms with van der Waals surface area (Å²) in [6.45, 7) is 0. The number of fused-ring (bicyclic) bond motifs is 3. The van der Waals surface area contributed by atoms with E-state index >= 15 is 0 Å². The van der Waals surface area contributed by atoms with Gasteiger partial charge >= 0.3 is 17.7 Å². The molecular weight excluding hydrogens is 308 g/mol. The molecule has 2 aliphatic carbocycles. The second-order valence-corrected chi connectivity index (χ2v) is 7.29. The van der Waals surface area contributed by atoms with E-state index in [2.05, 4.69) is 10.2 Å². The van der Waals surface area contributed by atoms with Gasteiger partial charge in [-0.3, -0.25) is 0 Å². The van der Waals surface area contributed by atoms with Crippen molar-refractivity contribution in [3.8, 4) is 0 Å². The highest BCUT2D eigenvalue weighted by Crippen LogP contribution is 2.68. The Labute approximate surface area is 139 Å². The molecule has 0 spiro atoms. The molecule has 3 heterocycles. The minimum absolute atomic E-state index is 0.0449. The Morgan fingerprint density at radius 1 is 1.17 bits per heavy atom. The normalized spacial score (nSPS) is 44.3. The second-order valence-electron chi connectivity index (χ2n) is 7.29. The van der Waals surface area contributed by atoms with Gasteiger partial charge in [0.2, 0.25) is 5.54 Å². The standard InChI is InChI=1S/C18H18N2O4/c1-23-16(22)18-14-11-8-7-10(9-11)13(14)17(19-20-18,15(21)24-18)12-5-3-2-4-6-12/h2-6,10-11,13-14H,7-9H2,1H3/t10-,11+,13+,14-,17+,18-/m0/s1. The van der Waals surface area contributed by atoms with Gasteiger partial charge < -0.3 is 9.47 Å². The Kier molecular flexibility index (Phi) is 2.61. The van der Waals surface area contributed by atoms with Crippen LogP contribution >= 0.6 is 0 Å². The molecular formula is C18H18N2O4. The third kappa shape index (κ3) is 1.39. The summed E-state index contributed by atoms with van der Waals surface area (Å²) in [5, 5.41) is 8.70. The monoisotopic (exact) mass is 326 g/mol. The first-order valence-electron chi connectivity index (χ1n) is 8.45. The number of carbonyl (C=O) groups excluding carboxylic acids is 2. The van der Waals surface area contributed by atoms with Gasteiger partial charge in [-0.25, -0.2) is 9.59 Å². The van der Waals surface area contributed by atoms with E-state index in [1.807, 2.05) is 30.3 Å². The van der Waals surface area contributed by atoms with Crippen molar-refractivity contribution in [2.75, 3.05) is 7.11 Å². The quantitative estimate of drug-likeness (QED) is 0.782. The molecule has 6 nitrogen and oxygen atoms in total. The van der Waals surface area contributed by atoms with Crippen molar-refractivity contribution in [3.63, 3.8) is 0 Å². The van der Waals surface area contributed by atoms with Crippen LogP contribution in [0.1, 0.15) is 24.8 Å². The SMILES string of the molecule is COC(=O)[C@@]12N=N[C@@](c3ccccc3)(C(=O)O1)[C@@H]1[C@H]3CC[C@H](C3)[C@@H]12. The molecule has 3 aliphatic heterocycles. The first-order valence-corrected chi connectivity index (χ1v) is 8.45. The molecule has 6 rings (SSSR count). The molecule has 1 aromatic rings. The molecule has 124 valence electrons. The van der Waals surface area contributed by atoms with E-state index in [0.717, 1.165) is 24.8 Å². The highest BCUT2D eigenvalue weighted by molar-refractivity contribution is 5.92. The summed E-state index contributed by atoms with van der Waals surface area (Å²) in [6.07, 6.45) is 3.12. The predicted molar refractivity (Wildman–Crippen MR) is 81.6 cm³/mol. The van der Waals surface area contributed by atoms with E-state index in [9.17, 15) is 9.59 Å². The second kappa shape index (κ2) is 4.43. The highest BCUT2D eigenvalue weighted by atomic mass is 16.6. The van der Waals surface area contributed by atoms with Crippen LogP contribution in [0.4, 0.5) is 0 Å². The molecule has 1 aromatic carbocycles. The molecule has 6 heteroatoms. The molecule has 6 atom stereocenters. The topological polar surface area (TPSA) is 77.3 Å². The fraction of sp³-hybridized carbons (Fsp3) is 0.556. The zero-order valence-electron chi connectivity index (χ0n) is 13.3. The van der Waals surface area contributed by atoms with E-state index in [1.54, 1.807) is 0 Å². The minimum atomic E-state index is -1.58. The summed E-state index contributed by atoms with van der Waals surface area (Å²) >= 11 is 0. The largest absolute Gasteiger partial charge is 0.464 e.